The minimum Gasteiger partial charge on any atom is -0.489 e. The van der Waals surface area contributed by atoms with Gasteiger partial charge in [-0.25, -0.2) is 0 Å². The van der Waals surface area contributed by atoms with Gasteiger partial charge in [-0.15, -0.1) is 0 Å². The first-order valence-corrected chi connectivity index (χ1v) is 9.86. The number of carboxylic acid groups (broad SMARTS) is 1. The van der Waals surface area contributed by atoms with Crippen LogP contribution in [0, 0.1) is 5.92 Å². The third kappa shape index (κ3) is 4.42. The number of fused-ring (bicyclic) bond motifs is 1. The highest BCUT2D eigenvalue weighted by atomic mass is 16.5. The predicted molar refractivity (Wildman–Crippen MR) is 110 cm³/mol. The fourth-order valence-electron chi connectivity index (χ4n) is 3.78. The van der Waals surface area contributed by atoms with Crippen molar-refractivity contribution >= 4 is 22.8 Å². The molecule has 1 aliphatic heterocycles. The van der Waals surface area contributed by atoms with Crippen molar-refractivity contribution in [2.24, 2.45) is 5.92 Å². The summed E-state index contributed by atoms with van der Waals surface area (Å²) in [5, 5.41) is 10.3. The quantitative estimate of drug-likeness (QED) is 0.696. The number of carbonyl (C=O) groups excluding carboxylic acids is 1. The lowest BCUT2D eigenvalue weighted by molar-refractivity contribution is -0.145. The largest absolute Gasteiger partial charge is 0.489 e. The van der Waals surface area contributed by atoms with Gasteiger partial charge in [0.05, 0.1) is 11.4 Å². The van der Waals surface area contributed by atoms with Gasteiger partial charge in [0.25, 0.3) is 0 Å². The topological polar surface area (TPSA) is 71.8 Å². The molecule has 1 saturated heterocycles. The van der Waals surface area contributed by atoms with Gasteiger partial charge in [-0.1, -0.05) is 30.3 Å². The van der Waals surface area contributed by atoms with Crippen molar-refractivity contribution < 1.29 is 19.4 Å². The highest BCUT2D eigenvalue weighted by Gasteiger charge is 2.28. The molecule has 1 atom stereocenters. The van der Waals surface area contributed by atoms with Crippen molar-refractivity contribution in [1.29, 1.82) is 0 Å². The minimum absolute atomic E-state index is 0.0518. The van der Waals surface area contributed by atoms with Gasteiger partial charge in [-0.3, -0.25) is 9.59 Å². The second-order valence-electron chi connectivity index (χ2n) is 7.46. The van der Waals surface area contributed by atoms with E-state index in [9.17, 15) is 14.7 Å². The number of nitrogens with zero attached hydrogens (tertiary/aromatic N) is 2. The monoisotopic (exact) mass is 392 g/mol. The third-order valence-electron chi connectivity index (χ3n) is 5.42. The maximum absolute atomic E-state index is 12.8. The van der Waals surface area contributed by atoms with Crippen LogP contribution in [0.15, 0.2) is 60.8 Å². The van der Waals surface area contributed by atoms with Crippen molar-refractivity contribution in [3.63, 3.8) is 0 Å². The Morgan fingerprint density at radius 2 is 1.93 bits per heavy atom. The number of ether oxygens (including phenoxy) is 1. The van der Waals surface area contributed by atoms with Gasteiger partial charge in [0, 0.05) is 25.4 Å². The molecule has 0 bridgehead atoms. The lowest BCUT2D eigenvalue weighted by Crippen LogP contribution is -2.43. The van der Waals surface area contributed by atoms with Crippen molar-refractivity contribution in [3.8, 4) is 5.75 Å². The van der Waals surface area contributed by atoms with Crippen LogP contribution < -0.4 is 4.74 Å². The van der Waals surface area contributed by atoms with E-state index >= 15 is 0 Å². The van der Waals surface area contributed by atoms with Crippen molar-refractivity contribution in [3.05, 3.63) is 66.4 Å². The Morgan fingerprint density at radius 3 is 2.72 bits per heavy atom. The Bertz CT molecular complexity index is 1010. The number of hydrogen-bond donors (Lipinski definition) is 1. The fourth-order valence-corrected chi connectivity index (χ4v) is 3.78. The van der Waals surface area contributed by atoms with E-state index in [1.54, 1.807) is 4.90 Å². The average molecular weight is 392 g/mol. The van der Waals surface area contributed by atoms with E-state index in [4.69, 9.17) is 4.74 Å². The van der Waals surface area contributed by atoms with Crippen LogP contribution in [0.25, 0.3) is 10.9 Å². The van der Waals surface area contributed by atoms with Gasteiger partial charge >= 0.3 is 5.97 Å². The zero-order valence-electron chi connectivity index (χ0n) is 16.2. The van der Waals surface area contributed by atoms with Crippen LogP contribution in [0.3, 0.4) is 0 Å². The molecule has 0 radical (unpaired) electrons. The van der Waals surface area contributed by atoms with Gasteiger partial charge in [0.15, 0.2) is 0 Å². The van der Waals surface area contributed by atoms with E-state index < -0.39 is 11.9 Å². The number of aromatic nitrogens is 1. The van der Waals surface area contributed by atoms with Gasteiger partial charge in [-0.05, 0) is 42.0 Å². The number of likely N-dealkylation sites (tertiary alicyclic amines) is 1. The van der Waals surface area contributed by atoms with E-state index in [1.165, 1.54) is 0 Å². The first-order valence-electron chi connectivity index (χ1n) is 9.86. The molecule has 2 heterocycles. The number of aliphatic carboxylic acids is 1. The highest BCUT2D eigenvalue weighted by Crippen LogP contribution is 2.24. The summed E-state index contributed by atoms with van der Waals surface area (Å²) in [6.07, 6.45) is 3.25. The smallest absolute Gasteiger partial charge is 0.308 e. The number of carbonyl (C=O) groups is 2. The Morgan fingerprint density at radius 1 is 1.10 bits per heavy atom. The maximum atomic E-state index is 12.8. The normalized spacial score (nSPS) is 16.7. The standard InChI is InChI=1S/C23H24N2O4/c26-22(25-11-4-7-19(14-25)23(27)28)15-24-12-10-18-8-9-20(13-21(18)24)29-16-17-5-2-1-3-6-17/h1-3,5-6,8-10,12-13,19H,4,7,11,14-16H2,(H,27,28)/t19-/m0/s1. The molecular weight excluding hydrogens is 368 g/mol. The Hall–Kier alpha value is -3.28. The lowest BCUT2D eigenvalue weighted by Gasteiger charge is -2.31. The molecule has 2 aromatic carbocycles. The zero-order valence-corrected chi connectivity index (χ0v) is 16.2. The molecule has 6 heteroatoms. The van der Waals surface area contributed by atoms with E-state index in [0.29, 0.717) is 26.1 Å². The minimum atomic E-state index is -0.825. The summed E-state index contributed by atoms with van der Waals surface area (Å²) in [6.45, 7) is 1.58. The molecule has 0 saturated carbocycles. The second kappa shape index (κ2) is 8.39. The van der Waals surface area contributed by atoms with E-state index in [0.717, 1.165) is 28.6 Å². The maximum Gasteiger partial charge on any atom is 0.308 e. The van der Waals surface area contributed by atoms with Crippen LogP contribution in [0.1, 0.15) is 18.4 Å². The summed E-state index contributed by atoms with van der Waals surface area (Å²) < 4.78 is 7.81. The van der Waals surface area contributed by atoms with Gasteiger partial charge in [-0.2, -0.15) is 0 Å². The van der Waals surface area contributed by atoms with Gasteiger partial charge in [0.2, 0.25) is 5.91 Å². The van der Waals surface area contributed by atoms with E-state index in [2.05, 4.69) is 0 Å². The summed E-state index contributed by atoms with van der Waals surface area (Å²) in [4.78, 5) is 25.7. The molecule has 1 aliphatic rings. The molecule has 150 valence electrons. The number of hydrogen-bond acceptors (Lipinski definition) is 3. The van der Waals surface area contributed by atoms with Gasteiger partial charge in [0.1, 0.15) is 18.9 Å². The Balaban J connectivity index is 1.46. The number of benzene rings is 2. The molecule has 3 aromatic rings. The first-order chi connectivity index (χ1) is 14.1. The van der Waals surface area contributed by atoms with Crippen LogP contribution in [0.4, 0.5) is 0 Å². The van der Waals surface area contributed by atoms with Crippen LogP contribution >= 0.6 is 0 Å². The van der Waals surface area contributed by atoms with Gasteiger partial charge < -0.3 is 19.3 Å². The summed E-state index contributed by atoms with van der Waals surface area (Å²) in [6, 6.07) is 17.8. The third-order valence-corrected chi connectivity index (χ3v) is 5.42. The Labute approximate surface area is 169 Å². The highest BCUT2D eigenvalue weighted by molar-refractivity contribution is 5.84. The second-order valence-corrected chi connectivity index (χ2v) is 7.46. The predicted octanol–water partition coefficient (Wildman–Crippen LogP) is 3.54. The molecule has 1 amide bonds. The lowest BCUT2D eigenvalue weighted by atomic mass is 9.98. The Kier molecular flexibility index (Phi) is 5.51. The summed E-state index contributed by atoms with van der Waals surface area (Å²) >= 11 is 0. The van der Waals surface area contributed by atoms with Crippen molar-refractivity contribution in [2.45, 2.75) is 26.0 Å². The molecule has 4 rings (SSSR count). The summed E-state index contributed by atoms with van der Waals surface area (Å²) in [7, 11) is 0. The van der Waals surface area contributed by atoms with Crippen LogP contribution in [0.5, 0.6) is 5.75 Å². The number of piperidine rings is 1. The molecule has 0 aliphatic carbocycles. The van der Waals surface area contributed by atoms with Crippen molar-refractivity contribution in [1.82, 2.24) is 9.47 Å². The van der Waals surface area contributed by atoms with Crippen LogP contribution in [-0.2, 0) is 22.7 Å². The number of rotatable bonds is 6. The molecule has 0 unspecified atom stereocenters. The molecule has 1 aromatic heterocycles. The van der Waals surface area contributed by atoms with Crippen LogP contribution in [-0.4, -0.2) is 39.5 Å². The molecular formula is C23H24N2O4. The summed E-state index contributed by atoms with van der Waals surface area (Å²) in [5.41, 5.74) is 2.02. The van der Waals surface area contributed by atoms with Crippen LogP contribution in [0.2, 0.25) is 0 Å². The zero-order chi connectivity index (χ0) is 20.2. The molecule has 0 spiro atoms. The van der Waals surface area contributed by atoms with E-state index in [-0.39, 0.29) is 12.5 Å². The first kappa shape index (κ1) is 19.1. The van der Waals surface area contributed by atoms with Crippen molar-refractivity contribution in [2.75, 3.05) is 13.1 Å². The molecule has 1 fully saturated rings. The molecule has 6 nitrogen and oxygen atoms in total. The molecule has 1 N–H and O–H groups in total. The summed E-state index contributed by atoms with van der Waals surface area (Å²) in [5.74, 6) is -0.595. The SMILES string of the molecule is O=C(O)[C@H]1CCCN(C(=O)Cn2ccc3ccc(OCc4ccccc4)cc32)C1. The number of amides is 1. The average Bonchev–Trinajstić information content (AvgIpc) is 3.15. The molecule has 29 heavy (non-hydrogen) atoms. The van der Waals surface area contributed by atoms with E-state index in [1.807, 2.05) is 65.4 Å². The fraction of sp³-hybridized carbons (Fsp3) is 0.304. The number of carboxylic acids is 1.